The van der Waals surface area contributed by atoms with Crippen LogP contribution in [0.25, 0.3) is 0 Å². The zero-order valence-electron chi connectivity index (χ0n) is 42.1. The van der Waals surface area contributed by atoms with Crippen molar-refractivity contribution in [1.82, 2.24) is 0 Å². The zero-order valence-corrected chi connectivity index (χ0v) is 42.1. The number of esters is 2. The van der Waals surface area contributed by atoms with E-state index in [2.05, 4.69) is 98.9 Å². The Kier molecular flexibility index (Phi) is 44.4. The second kappa shape index (κ2) is 47.0. The summed E-state index contributed by atoms with van der Waals surface area (Å²) in [6.45, 7) is 4.58. The number of carboxylic acids is 1. The van der Waals surface area contributed by atoms with Crippen LogP contribution in [-0.4, -0.2) is 82.3 Å². The van der Waals surface area contributed by atoms with Gasteiger partial charge in [-0.1, -0.05) is 195 Å². The maximum Gasteiger partial charge on any atom is 0.306 e. The van der Waals surface area contributed by atoms with Crippen molar-refractivity contribution in [2.75, 3.05) is 47.5 Å². The fourth-order valence-corrected chi connectivity index (χ4v) is 6.69. The van der Waals surface area contributed by atoms with Gasteiger partial charge in [-0.25, -0.2) is 0 Å². The fraction of sp³-hybridized carbons (Fsp3) is 0.696. The molecule has 0 aromatic heterocycles. The summed E-state index contributed by atoms with van der Waals surface area (Å²) in [7, 11) is 5.90. The van der Waals surface area contributed by atoms with Crippen molar-refractivity contribution in [3.8, 4) is 0 Å². The normalized spacial score (nSPS) is 13.6. The van der Waals surface area contributed by atoms with Crippen molar-refractivity contribution in [2.24, 2.45) is 0 Å². The van der Waals surface area contributed by atoms with Crippen molar-refractivity contribution >= 4 is 17.9 Å². The molecule has 2 atom stereocenters. The third-order valence-corrected chi connectivity index (χ3v) is 10.7. The Morgan fingerprint density at radius 3 is 1.31 bits per heavy atom. The molecule has 0 aliphatic heterocycles. The highest BCUT2D eigenvalue weighted by Crippen LogP contribution is 2.15. The number of allylic oxidation sites excluding steroid dienone is 14. The number of hydrogen-bond donors (Lipinski definition) is 0. The van der Waals surface area contributed by atoms with Crippen molar-refractivity contribution < 1.29 is 42.9 Å². The van der Waals surface area contributed by atoms with Crippen LogP contribution in [0.1, 0.15) is 194 Å². The van der Waals surface area contributed by atoms with Crippen LogP contribution >= 0.6 is 0 Å². The summed E-state index contributed by atoms with van der Waals surface area (Å²) in [5.74, 6) is -2.33. The van der Waals surface area contributed by atoms with E-state index in [0.29, 0.717) is 17.4 Å². The van der Waals surface area contributed by atoms with Crippen LogP contribution < -0.4 is 5.11 Å². The van der Waals surface area contributed by atoms with Crippen molar-refractivity contribution in [2.45, 2.75) is 206 Å². The van der Waals surface area contributed by atoms with E-state index in [0.717, 1.165) is 83.5 Å². The summed E-state index contributed by atoms with van der Waals surface area (Å²) >= 11 is 0. The Morgan fingerprint density at radius 2 is 0.877 bits per heavy atom. The first kappa shape index (κ1) is 61.5. The third kappa shape index (κ3) is 48.2. The Morgan fingerprint density at radius 1 is 0.477 bits per heavy atom. The summed E-state index contributed by atoms with van der Waals surface area (Å²) in [5, 5.41) is 11.7. The molecule has 0 radical (unpaired) electrons. The molecule has 0 saturated heterocycles. The highest BCUT2D eigenvalue weighted by Gasteiger charge is 2.21. The van der Waals surface area contributed by atoms with Crippen LogP contribution in [-0.2, 0) is 33.3 Å². The van der Waals surface area contributed by atoms with Crippen LogP contribution in [0.15, 0.2) is 85.1 Å². The van der Waals surface area contributed by atoms with Gasteiger partial charge in [-0.2, -0.15) is 0 Å². The molecule has 0 aromatic carbocycles. The molecule has 0 rings (SSSR count). The fourth-order valence-electron chi connectivity index (χ4n) is 6.69. The number of nitrogens with zero attached hydrogens (tertiary/aromatic N) is 1. The van der Waals surface area contributed by atoms with Gasteiger partial charge in [0.05, 0.1) is 40.3 Å². The molecule has 0 fully saturated rings. The number of rotatable bonds is 46. The van der Waals surface area contributed by atoms with E-state index in [-0.39, 0.29) is 38.6 Å². The molecule has 9 nitrogen and oxygen atoms in total. The monoisotopic (exact) mass is 910 g/mol. The zero-order chi connectivity index (χ0) is 47.7. The molecule has 0 bridgehead atoms. The number of likely N-dealkylation sites (N-methyl/N-ethyl adjacent to an activating group) is 1. The van der Waals surface area contributed by atoms with E-state index in [1.54, 1.807) is 0 Å². The minimum Gasteiger partial charge on any atom is -0.545 e. The van der Waals surface area contributed by atoms with Crippen LogP contribution in [0.3, 0.4) is 0 Å². The summed E-state index contributed by atoms with van der Waals surface area (Å²) in [6.07, 6.45) is 57.6. The lowest BCUT2D eigenvalue weighted by Crippen LogP contribution is -2.44. The first-order chi connectivity index (χ1) is 31.6. The van der Waals surface area contributed by atoms with Crippen molar-refractivity contribution in [3.05, 3.63) is 85.1 Å². The average molecular weight is 910 g/mol. The lowest BCUT2D eigenvalue weighted by atomic mass is 10.0. The van der Waals surface area contributed by atoms with Gasteiger partial charge in [0.1, 0.15) is 13.2 Å². The number of carbonyl (C=O) groups excluding carboxylic acids is 3. The van der Waals surface area contributed by atoms with Gasteiger partial charge in [-0.3, -0.25) is 9.59 Å². The molecule has 0 saturated carbocycles. The number of unbranched alkanes of at least 4 members (excludes halogenated alkanes) is 17. The summed E-state index contributed by atoms with van der Waals surface area (Å²) < 4.78 is 22.6. The predicted molar refractivity (Wildman–Crippen MR) is 269 cm³/mol. The minimum absolute atomic E-state index is 0.137. The van der Waals surface area contributed by atoms with Crippen molar-refractivity contribution in [3.63, 3.8) is 0 Å². The summed E-state index contributed by atoms with van der Waals surface area (Å²) in [4.78, 5) is 37.1. The molecule has 9 heteroatoms. The highest BCUT2D eigenvalue weighted by atomic mass is 16.7. The molecule has 0 heterocycles. The van der Waals surface area contributed by atoms with Gasteiger partial charge in [0, 0.05) is 12.8 Å². The molecule has 0 aromatic rings. The van der Waals surface area contributed by atoms with Crippen LogP contribution in [0.5, 0.6) is 0 Å². The molecular weight excluding hydrogens is 815 g/mol. The van der Waals surface area contributed by atoms with Gasteiger partial charge in [0.25, 0.3) is 0 Å². The van der Waals surface area contributed by atoms with Crippen LogP contribution in [0, 0.1) is 0 Å². The summed E-state index contributed by atoms with van der Waals surface area (Å²) in [5.41, 5.74) is 0. The van der Waals surface area contributed by atoms with E-state index in [4.69, 9.17) is 18.9 Å². The Bertz CT molecular complexity index is 1340. The maximum atomic E-state index is 12.8. The lowest BCUT2D eigenvalue weighted by molar-refractivity contribution is -0.870. The van der Waals surface area contributed by atoms with Gasteiger partial charge in [0.15, 0.2) is 12.4 Å². The van der Waals surface area contributed by atoms with E-state index in [1.165, 1.54) is 77.0 Å². The number of ether oxygens (including phenoxy) is 4. The van der Waals surface area contributed by atoms with Gasteiger partial charge in [-0.05, 0) is 70.6 Å². The number of carbonyl (C=O) groups is 3. The first-order valence-electron chi connectivity index (χ1n) is 25.7. The second-order valence-electron chi connectivity index (χ2n) is 18.1. The van der Waals surface area contributed by atoms with Crippen LogP contribution in [0.4, 0.5) is 0 Å². The largest absolute Gasteiger partial charge is 0.545 e. The number of aliphatic carboxylic acids is 1. The minimum atomic E-state index is -1.63. The topological polar surface area (TPSA) is 111 Å². The molecule has 2 unspecified atom stereocenters. The van der Waals surface area contributed by atoms with E-state index in [9.17, 15) is 19.5 Å². The van der Waals surface area contributed by atoms with E-state index >= 15 is 0 Å². The second-order valence-corrected chi connectivity index (χ2v) is 18.1. The van der Waals surface area contributed by atoms with Gasteiger partial charge in [-0.15, -0.1) is 0 Å². The molecule has 0 N–H and O–H groups in total. The Balaban J connectivity index is 4.43. The number of carboxylic acid groups (broad SMARTS) is 1. The molecule has 372 valence electrons. The lowest BCUT2D eigenvalue weighted by Gasteiger charge is -2.26. The predicted octanol–water partition coefficient (Wildman–Crippen LogP) is 13.1. The standard InChI is InChI=1S/C56H95NO8/c1-6-8-10-12-14-16-18-20-22-23-24-25-26-27-28-29-30-31-33-35-37-39-41-43-45-47-54(59)65-52(51-64-56(55(60)61)62-49-48-57(3,4)5)50-63-53(58)46-44-42-40-38-36-34-32-21-19-17-15-13-11-9-7-2/h8,10,14,16,20,22,24-25,27-28,30-31,35,37,52,56H,6-7,9,11-13,15,17-19,21,23,26,29,32-34,36,38-51H2,1-5H3/b10-8-,16-14-,22-20-,25-24-,28-27-,31-30-,37-35-. The smallest absolute Gasteiger partial charge is 0.306 e. The third-order valence-electron chi connectivity index (χ3n) is 10.7. The number of hydrogen-bond acceptors (Lipinski definition) is 8. The van der Waals surface area contributed by atoms with E-state index < -0.39 is 24.3 Å². The molecule has 0 amide bonds. The Labute approximate surface area is 398 Å². The van der Waals surface area contributed by atoms with Crippen LogP contribution in [0.2, 0.25) is 0 Å². The summed E-state index contributed by atoms with van der Waals surface area (Å²) in [6, 6.07) is 0. The van der Waals surface area contributed by atoms with E-state index in [1.807, 2.05) is 21.1 Å². The van der Waals surface area contributed by atoms with Gasteiger partial charge in [0.2, 0.25) is 0 Å². The first-order valence-corrected chi connectivity index (χ1v) is 25.7. The molecule has 0 aliphatic rings. The van der Waals surface area contributed by atoms with Gasteiger partial charge < -0.3 is 33.3 Å². The Hall–Kier alpha value is -3.53. The SMILES string of the molecule is CC/C=C\C/C=C\C/C=C\C/C=C\C/C=C\C/C=C\C/C=C\CCCCCC(=O)OC(COC(=O)CCCCCCCCCCCCCCCCC)COC(OCC[N+](C)(C)C)C(=O)[O-]. The molecule has 0 aliphatic carbocycles. The quantitative estimate of drug-likeness (QED) is 0.0195. The molecular formula is C56H95NO8. The average Bonchev–Trinajstić information content (AvgIpc) is 3.27. The molecule has 65 heavy (non-hydrogen) atoms. The van der Waals surface area contributed by atoms with Gasteiger partial charge >= 0.3 is 11.9 Å². The number of quaternary nitrogens is 1. The van der Waals surface area contributed by atoms with Crippen molar-refractivity contribution in [1.29, 1.82) is 0 Å². The maximum absolute atomic E-state index is 12.8. The highest BCUT2D eigenvalue weighted by molar-refractivity contribution is 5.70. The molecule has 0 spiro atoms.